The molecule has 7 heteroatoms. The highest BCUT2D eigenvalue weighted by Crippen LogP contribution is 2.31. The van der Waals surface area contributed by atoms with Crippen molar-refractivity contribution in [3.63, 3.8) is 0 Å². The molecule has 0 spiro atoms. The number of aryl methyl sites for hydroxylation is 1. The molecule has 1 heterocycles. The summed E-state index contributed by atoms with van der Waals surface area (Å²) in [6.07, 6.45) is -0.830. The second-order valence-electron chi connectivity index (χ2n) is 6.65. The number of carbonyl (C=O) groups is 1. The van der Waals surface area contributed by atoms with E-state index in [0.717, 1.165) is 11.3 Å². The first kappa shape index (κ1) is 19.9. The summed E-state index contributed by atoms with van der Waals surface area (Å²) in [6, 6.07) is 14.6. The van der Waals surface area contributed by atoms with Crippen molar-refractivity contribution < 1.29 is 14.4 Å². The lowest BCUT2D eigenvalue weighted by molar-refractivity contribution is 0.0915. The largest absolute Gasteiger partial charge is 0.387 e. The van der Waals surface area contributed by atoms with Gasteiger partial charge >= 0.3 is 0 Å². The van der Waals surface area contributed by atoms with Gasteiger partial charge in [-0.15, -0.1) is 0 Å². The molecule has 0 saturated heterocycles. The minimum absolute atomic E-state index is 0.0622. The molecule has 3 aromatic rings. The Labute approximate surface area is 168 Å². The van der Waals surface area contributed by atoms with Crippen LogP contribution in [0.4, 0.5) is 5.69 Å². The van der Waals surface area contributed by atoms with Gasteiger partial charge in [-0.1, -0.05) is 47.1 Å². The second kappa shape index (κ2) is 8.46. The Kier molecular flexibility index (Phi) is 6.02. The summed E-state index contributed by atoms with van der Waals surface area (Å²) in [7, 11) is 3.90. The molecule has 1 atom stereocenters. The monoisotopic (exact) mass is 399 g/mol. The molecular weight excluding hydrogens is 378 g/mol. The molecule has 3 rings (SSSR count). The van der Waals surface area contributed by atoms with Gasteiger partial charge in [0, 0.05) is 31.9 Å². The molecule has 0 fully saturated rings. The number of rotatable bonds is 6. The number of benzene rings is 2. The molecule has 0 radical (unpaired) electrons. The van der Waals surface area contributed by atoms with E-state index in [1.807, 2.05) is 49.3 Å². The van der Waals surface area contributed by atoms with Gasteiger partial charge in [-0.25, -0.2) is 0 Å². The lowest BCUT2D eigenvalue weighted by Crippen LogP contribution is -2.29. The summed E-state index contributed by atoms with van der Waals surface area (Å²) >= 11 is 6.23. The highest BCUT2D eigenvalue weighted by atomic mass is 35.5. The number of amides is 1. The molecular formula is C21H22ClN3O3. The average molecular weight is 400 g/mol. The minimum atomic E-state index is -0.830. The SMILES string of the molecule is Cc1onc(-c2ccccc2Cl)c1C(=O)NCC(O)c1ccc(N(C)C)cc1. The van der Waals surface area contributed by atoms with E-state index in [1.54, 1.807) is 25.1 Å². The third kappa shape index (κ3) is 4.18. The summed E-state index contributed by atoms with van der Waals surface area (Å²) in [6.45, 7) is 1.73. The van der Waals surface area contributed by atoms with Crippen LogP contribution in [0.1, 0.15) is 27.8 Å². The van der Waals surface area contributed by atoms with Crippen molar-refractivity contribution in [1.82, 2.24) is 10.5 Å². The van der Waals surface area contributed by atoms with E-state index in [1.165, 1.54) is 0 Å². The van der Waals surface area contributed by atoms with E-state index < -0.39 is 6.10 Å². The van der Waals surface area contributed by atoms with Gasteiger partial charge in [0.15, 0.2) is 0 Å². The third-order valence-electron chi connectivity index (χ3n) is 4.47. The van der Waals surface area contributed by atoms with Crippen molar-refractivity contribution in [2.45, 2.75) is 13.0 Å². The molecule has 1 aromatic heterocycles. The van der Waals surface area contributed by atoms with Gasteiger partial charge in [-0.2, -0.15) is 0 Å². The predicted octanol–water partition coefficient (Wildman–Crippen LogP) is 3.83. The van der Waals surface area contributed by atoms with Gasteiger partial charge in [0.1, 0.15) is 17.0 Å². The highest BCUT2D eigenvalue weighted by Gasteiger charge is 2.23. The maximum atomic E-state index is 12.7. The first-order valence-corrected chi connectivity index (χ1v) is 9.21. The van der Waals surface area contributed by atoms with Gasteiger partial charge in [-0.3, -0.25) is 4.79 Å². The van der Waals surface area contributed by atoms with Crippen molar-refractivity contribution >= 4 is 23.2 Å². The third-order valence-corrected chi connectivity index (χ3v) is 4.80. The Bertz CT molecular complexity index is 967. The maximum absolute atomic E-state index is 12.7. The minimum Gasteiger partial charge on any atom is -0.387 e. The van der Waals surface area contributed by atoms with Crippen LogP contribution >= 0.6 is 11.6 Å². The van der Waals surface area contributed by atoms with Crippen LogP contribution in [0.2, 0.25) is 5.02 Å². The molecule has 146 valence electrons. The van der Waals surface area contributed by atoms with E-state index >= 15 is 0 Å². The summed E-state index contributed by atoms with van der Waals surface area (Å²) in [5.74, 6) is 0.00915. The van der Waals surface area contributed by atoms with Crippen LogP contribution in [0.15, 0.2) is 53.1 Å². The Morgan fingerprint density at radius 2 is 1.89 bits per heavy atom. The number of halogens is 1. The lowest BCUT2D eigenvalue weighted by atomic mass is 10.0. The van der Waals surface area contributed by atoms with Gasteiger partial charge in [0.2, 0.25) is 0 Å². The fraction of sp³-hybridized carbons (Fsp3) is 0.238. The quantitative estimate of drug-likeness (QED) is 0.658. The summed E-state index contributed by atoms with van der Waals surface area (Å²) in [5, 5.41) is 17.6. The number of aromatic nitrogens is 1. The van der Waals surface area contributed by atoms with Crippen molar-refractivity contribution in [3.8, 4) is 11.3 Å². The number of aliphatic hydroxyl groups is 1. The number of nitrogens with one attached hydrogen (secondary N) is 1. The maximum Gasteiger partial charge on any atom is 0.257 e. The number of nitrogens with zero attached hydrogens (tertiary/aromatic N) is 2. The van der Waals surface area contributed by atoms with Gasteiger partial charge < -0.3 is 19.8 Å². The molecule has 1 amide bonds. The zero-order valence-corrected chi connectivity index (χ0v) is 16.7. The number of hydrogen-bond donors (Lipinski definition) is 2. The van der Waals surface area contributed by atoms with E-state index in [-0.39, 0.29) is 12.5 Å². The van der Waals surface area contributed by atoms with Crippen LogP contribution in [-0.4, -0.2) is 36.8 Å². The summed E-state index contributed by atoms with van der Waals surface area (Å²) in [5.41, 5.74) is 3.06. The average Bonchev–Trinajstić information content (AvgIpc) is 3.07. The van der Waals surface area contributed by atoms with Gasteiger partial charge in [0.05, 0.1) is 11.1 Å². The van der Waals surface area contributed by atoms with Crippen molar-refractivity contribution in [1.29, 1.82) is 0 Å². The van der Waals surface area contributed by atoms with Crippen LogP contribution in [0.5, 0.6) is 0 Å². The highest BCUT2D eigenvalue weighted by molar-refractivity contribution is 6.33. The number of hydrogen-bond acceptors (Lipinski definition) is 5. The standard InChI is InChI=1S/C21H22ClN3O3/c1-13-19(20(24-28-13)16-6-4-5-7-17(16)22)21(27)23-12-18(26)14-8-10-15(11-9-14)25(2)3/h4-11,18,26H,12H2,1-3H3,(H,23,27). The van der Waals surface area contributed by atoms with E-state index in [0.29, 0.717) is 27.6 Å². The van der Waals surface area contributed by atoms with E-state index in [9.17, 15) is 9.90 Å². The number of anilines is 1. The molecule has 0 saturated carbocycles. The molecule has 2 N–H and O–H groups in total. The second-order valence-corrected chi connectivity index (χ2v) is 7.06. The number of carbonyl (C=O) groups excluding carboxylic acids is 1. The first-order valence-electron chi connectivity index (χ1n) is 8.83. The van der Waals surface area contributed by atoms with Crippen LogP contribution in [-0.2, 0) is 0 Å². The molecule has 28 heavy (non-hydrogen) atoms. The van der Waals surface area contributed by atoms with Crippen molar-refractivity contribution in [3.05, 3.63) is 70.4 Å². The van der Waals surface area contributed by atoms with Crippen LogP contribution in [0, 0.1) is 6.92 Å². The fourth-order valence-electron chi connectivity index (χ4n) is 2.87. The summed E-state index contributed by atoms with van der Waals surface area (Å²) < 4.78 is 5.22. The van der Waals surface area contributed by atoms with E-state index in [2.05, 4.69) is 10.5 Å². The summed E-state index contributed by atoms with van der Waals surface area (Å²) in [4.78, 5) is 14.7. The Hall–Kier alpha value is -2.83. The lowest BCUT2D eigenvalue weighted by Gasteiger charge is -2.16. The Morgan fingerprint density at radius 1 is 1.21 bits per heavy atom. The normalized spacial score (nSPS) is 11.9. The van der Waals surface area contributed by atoms with Crippen molar-refractivity contribution in [2.75, 3.05) is 25.5 Å². The topological polar surface area (TPSA) is 78.6 Å². The zero-order chi connectivity index (χ0) is 20.3. The van der Waals surface area contributed by atoms with Crippen LogP contribution < -0.4 is 10.2 Å². The van der Waals surface area contributed by atoms with Crippen molar-refractivity contribution in [2.24, 2.45) is 0 Å². The fourth-order valence-corrected chi connectivity index (χ4v) is 3.09. The van der Waals surface area contributed by atoms with Crippen LogP contribution in [0.25, 0.3) is 11.3 Å². The van der Waals surface area contributed by atoms with Gasteiger partial charge in [0.25, 0.3) is 5.91 Å². The molecule has 0 aliphatic heterocycles. The molecule has 6 nitrogen and oxygen atoms in total. The Morgan fingerprint density at radius 3 is 2.54 bits per heavy atom. The van der Waals surface area contributed by atoms with E-state index in [4.69, 9.17) is 16.1 Å². The molecule has 2 aromatic carbocycles. The predicted molar refractivity (Wildman–Crippen MR) is 110 cm³/mol. The molecule has 0 bridgehead atoms. The number of aliphatic hydroxyl groups excluding tert-OH is 1. The van der Waals surface area contributed by atoms with Gasteiger partial charge in [-0.05, 0) is 30.7 Å². The molecule has 0 aliphatic rings. The zero-order valence-electron chi connectivity index (χ0n) is 15.9. The Balaban J connectivity index is 1.74. The van der Waals surface area contributed by atoms with Crippen LogP contribution in [0.3, 0.4) is 0 Å². The first-order chi connectivity index (χ1) is 13.4. The smallest absolute Gasteiger partial charge is 0.257 e. The molecule has 1 unspecified atom stereocenters. The molecule has 0 aliphatic carbocycles.